The van der Waals surface area contributed by atoms with Gasteiger partial charge in [-0.05, 0) is 62.5 Å². The highest BCUT2D eigenvalue weighted by molar-refractivity contribution is 7.89. The maximum Gasteiger partial charge on any atom is 0.240 e. The molecule has 1 aromatic heterocycles. The van der Waals surface area contributed by atoms with Crippen molar-refractivity contribution in [3.8, 4) is 0 Å². The highest BCUT2D eigenvalue weighted by Crippen LogP contribution is 2.48. The minimum absolute atomic E-state index is 0.0768. The quantitative estimate of drug-likeness (QED) is 0.780. The third-order valence-corrected chi connectivity index (χ3v) is 6.91. The van der Waals surface area contributed by atoms with Crippen molar-refractivity contribution in [2.24, 2.45) is 11.3 Å². The molecule has 0 unspecified atom stereocenters. The molecule has 1 heterocycles. The standard InChI is InChI=1S/C19H26FN3O3S/c1-19(2)13(9-15-11-16(26-21-15)12-23(3)4)10-18(19)22-27(24,25)17-7-5-14(20)6-8-17/h5-8,11,13,18,22H,9-10,12H2,1-4H3/t13-,18+/m1/s1. The van der Waals surface area contributed by atoms with Gasteiger partial charge in [-0.2, -0.15) is 0 Å². The smallest absolute Gasteiger partial charge is 0.240 e. The lowest BCUT2D eigenvalue weighted by Gasteiger charge is -2.52. The van der Waals surface area contributed by atoms with Crippen molar-refractivity contribution in [2.45, 2.75) is 44.2 Å². The first-order valence-corrected chi connectivity index (χ1v) is 10.4. The Labute approximate surface area is 159 Å². The SMILES string of the molecule is CN(C)Cc1cc(C[C@@H]2C[C@H](NS(=O)(=O)c3ccc(F)cc3)C2(C)C)no1. The van der Waals surface area contributed by atoms with E-state index in [2.05, 4.69) is 23.7 Å². The third-order valence-electron chi connectivity index (χ3n) is 5.43. The first-order valence-electron chi connectivity index (χ1n) is 8.95. The summed E-state index contributed by atoms with van der Waals surface area (Å²) >= 11 is 0. The molecule has 2 atom stereocenters. The fraction of sp³-hybridized carbons (Fsp3) is 0.526. The molecule has 1 aliphatic rings. The largest absolute Gasteiger partial charge is 0.360 e. The van der Waals surface area contributed by atoms with Gasteiger partial charge in [0.1, 0.15) is 5.82 Å². The van der Waals surface area contributed by atoms with E-state index >= 15 is 0 Å². The Kier molecular flexibility index (Phi) is 5.42. The second-order valence-electron chi connectivity index (χ2n) is 8.11. The average molecular weight is 396 g/mol. The summed E-state index contributed by atoms with van der Waals surface area (Å²) in [6.07, 6.45) is 1.47. The molecule has 1 aromatic carbocycles. The van der Waals surface area contributed by atoms with Gasteiger partial charge < -0.3 is 9.42 Å². The molecule has 0 radical (unpaired) electrons. The molecule has 1 aliphatic carbocycles. The molecule has 3 rings (SSSR count). The van der Waals surface area contributed by atoms with Gasteiger partial charge in [0.05, 0.1) is 17.1 Å². The molecule has 2 aromatic rings. The van der Waals surface area contributed by atoms with Crippen molar-refractivity contribution >= 4 is 10.0 Å². The fourth-order valence-corrected chi connectivity index (χ4v) is 4.93. The monoisotopic (exact) mass is 395 g/mol. The molecule has 1 fully saturated rings. The molecule has 27 heavy (non-hydrogen) atoms. The van der Waals surface area contributed by atoms with Crippen molar-refractivity contribution < 1.29 is 17.3 Å². The summed E-state index contributed by atoms with van der Waals surface area (Å²) in [6.45, 7) is 4.81. The van der Waals surface area contributed by atoms with Gasteiger partial charge in [0, 0.05) is 12.1 Å². The summed E-state index contributed by atoms with van der Waals surface area (Å²) < 4.78 is 46.2. The van der Waals surface area contributed by atoms with Crippen LogP contribution in [0.2, 0.25) is 0 Å². The number of sulfonamides is 1. The lowest BCUT2D eigenvalue weighted by atomic mass is 9.57. The predicted octanol–water partition coefficient (Wildman–Crippen LogP) is 2.81. The van der Waals surface area contributed by atoms with E-state index in [0.717, 1.165) is 36.4 Å². The molecular weight excluding hydrogens is 369 g/mol. The van der Waals surface area contributed by atoms with Crippen LogP contribution in [0, 0.1) is 17.2 Å². The Morgan fingerprint density at radius 1 is 1.30 bits per heavy atom. The Morgan fingerprint density at radius 2 is 1.96 bits per heavy atom. The fourth-order valence-electron chi connectivity index (χ4n) is 3.52. The second kappa shape index (κ2) is 7.33. The minimum Gasteiger partial charge on any atom is -0.360 e. The molecule has 1 saturated carbocycles. The number of halogens is 1. The van der Waals surface area contributed by atoms with Crippen LogP contribution in [0.1, 0.15) is 31.7 Å². The van der Waals surface area contributed by atoms with Crippen molar-refractivity contribution in [1.29, 1.82) is 0 Å². The summed E-state index contributed by atoms with van der Waals surface area (Å²) in [5.41, 5.74) is 0.679. The van der Waals surface area contributed by atoms with E-state index in [9.17, 15) is 12.8 Å². The molecule has 0 saturated heterocycles. The molecule has 1 N–H and O–H groups in total. The molecule has 0 aliphatic heterocycles. The average Bonchev–Trinajstić information content (AvgIpc) is 3.00. The van der Waals surface area contributed by atoms with Crippen LogP contribution < -0.4 is 4.72 Å². The zero-order valence-corrected chi connectivity index (χ0v) is 16.9. The van der Waals surface area contributed by atoms with Crippen LogP contribution in [-0.4, -0.2) is 38.6 Å². The Morgan fingerprint density at radius 3 is 2.56 bits per heavy atom. The molecule has 0 amide bonds. The van der Waals surface area contributed by atoms with E-state index in [1.165, 1.54) is 12.1 Å². The van der Waals surface area contributed by atoms with Gasteiger partial charge in [-0.25, -0.2) is 17.5 Å². The summed E-state index contributed by atoms with van der Waals surface area (Å²) in [5.74, 6) is 0.663. The van der Waals surface area contributed by atoms with E-state index in [0.29, 0.717) is 12.5 Å². The minimum atomic E-state index is -3.67. The van der Waals surface area contributed by atoms with E-state index in [4.69, 9.17) is 4.52 Å². The first-order chi connectivity index (χ1) is 12.6. The van der Waals surface area contributed by atoms with Crippen LogP contribution in [0.25, 0.3) is 0 Å². The van der Waals surface area contributed by atoms with Crippen LogP contribution in [0.5, 0.6) is 0 Å². The maximum absolute atomic E-state index is 13.0. The third kappa shape index (κ3) is 4.39. The zero-order valence-electron chi connectivity index (χ0n) is 16.1. The number of nitrogens with one attached hydrogen (secondary N) is 1. The molecule has 148 valence electrons. The highest BCUT2D eigenvalue weighted by atomic mass is 32.2. The zero-order chi connectivity index (χ0) is 19.8. The number of hydrogen-bond acceptors (Lipinski definition) is 5. The molecule has 0 spiro atoms. The van der Waals surface area contributed by atoms with Gasteiger partial charge in [0.15, 0.2) is 5.76 Å². The van der Waals surface area contributed by atoms with Gasteiger partial charge in [0.25, 0.3) is 0 Å². The topological polar surface area (TPSA) is 75.4 Å². The van der Waals surface area contributed by atoms with Gasteiger partial charge in [-0.15, -0.1) is 0 Å². The van der Waals surface area contributed by atoms with Crippen LogP contribution in [0.15, 0.2) is 39.8 Å². The lowest BCUT2D eigenvalue weighted by molar-refractivity contribution is 0.0270. The van der Waals surface area contributed by atoms with Crippen molar-refractivity contribution in [3.63, 3.8) is 0 Å². The summed E-state index contributed by atoms with van der Waals surface area (Å²) in [4.78, 5) is 2.09. The van der Waals surface area contributed by atoms with Crippen molar-refractivity contribution in [2.75, 3.05) is 14.1 Å². The molecule has 0 bridgehead atoms. The van der Waals surface area contributed by atoms with Crippen molar-refractivity contribution in [3.05, 3.63) is 47.6 Å². The van der Waals surface area contributed by atoms with Gasteiger partial charge in [-0.1, -0.05) is 19.0 Å². The number of hydrogen-bond donors (Lipinski definition) is 1. The highest BCUT2D eigenvalue weighted by Gasteiger charge is 2.49. The number of nitrogens with zero attached hydrogens (tertiary/aromatic N) is 2. The number of benzene rings is 1. The predicted molar refractivity (Wildman–Crippen MR) is 100.0 cm³/mol. The van der Waals surface area contributed by atoms with Gasteiger partial charge in [-0.3, -0.25) is 0 Å². The summed E-state index contributed by atoms with van der Waals surface area (Å²) in [7, 11) is 0.264. The molecule has 8 heteroatoms. The molecule has 6 nitrogen and oxygen atoms in total. The van der Waals surface area contributed by atoms with Gasteiger partial charge >= 0.3 is 0 Å². The van der Waals surface area contributed by atoms with Crippen LogP contribution in [0.3, 0.4) is 0 Å². The number of aromatic nitrogens is 1. The van der Waals surface area contributed by atoms with E-state index in [1.807, 2.05) is 25.1 Å². The summed E-state index contributed by atoms with van der Waals surface area (Å²) in [5, 5.41) is 4.14. The molecular formula is C19H26FN3O3S. The van der Waals surface area contributed by atoms with Crippen LogP contribution in [0.4, 0.5) is 4.39 Å². The van der Waals surface area contributed by atoms with E-state index in [1.54, 1.807) is 0 Å². The Hall–Kier alpha value is -1.77. The van der Waals surface area contributed by atoms with Crippen molar-refractivity contribution in [1.82, 2.24) is 14.8 Å². The second-order valence-corrected chi connectivity index (χ2v) is 9.82. The first kappa shape index (κ1) is 20.0. The maximum atomic E-state index is 13.0. The normalized spacial score (nSPS) is 22.0. The van der Waals surface area contributed by atoms with Crippen LogP contribution in [-0.2, 0) is 23.0 Å². The lowest BCUT2D eigenvalue weighted by Crippen LogP contribution is -2.58. The van der Waals surface area contributed by atoms with E-state index in [-0.39, 0.29) is 16.4 Å². The summed E-state index contributed by atoms with van der Waals surface area (Å²) in [6, 6.07) is 6.65. The van der Waals surface area contributed by atoms with Gasteiger partial charge in [0.2, 0.25) is 10.0 Å². The Bertz CT molecular complexity index is 891. The Balaban J connectivity index is 1.62. The van der Waals surface area contributed by atoms with Crippen LogP contribution >= 0.6 is 0 Å². The van der Waals surface area contributed by atoms with E-state index < -0.39 is 15.8 Å². The number of rotatable bonds is 7.